The zero-order valence-corrected chi connectivity index (χ0v) is 20.3. The Kier molecular flexibility index (Phi) is 5.09. The van der Waals surface area contributed by atoms with Crippen LogP contribution in [0.1, 0.15) is 105 Å². The van der Waals surface area contributed by atoms with Crippen molar-refractivity contribution in [1.82, 2.24) is 15.6 Å². The van der Waals surface area contributed by atoms with E-state index in [0.29, 0.717) is 29.4 Å². The van der Waals surface area contributed by atoms with Gasteiger partial charge in [0.05, 0.1) is 24.0 Å². The quantitative estimate of drug-likeness (QED) is 0.454. The first kappa shape index (κ1) is 22.4. The van der Waals surface area contributed by atoms with E-state index in [0.717, 1.165) is 69.0 Å². The molecule has 6 bridgehead atoms. The van der Waals surface area contributed by atoms with Gasteiger partial charge in [-0.2, -0.15) is 0 Å². The third-order valence-corrected chi connectivity index (χ3v) is 9.68. The van der Waals surface area contributed by atoms with E-state index in [1.807, 2.05) is 6.20 Å². The number of nitrogens with one attached hydrogen (secondary N) is 3. The number of amides is 1. The Balaban J connectivity index is 1.32. The van der Waals surface area contributed by atoms with Crippen molar-refractivity contribution in [3.63, 3.8) is 0 Å². The van der Waals surface area contributed by atoms with Crippen LogP contribution in [0.5, 0.6) is 0 Å². The molecule has 4 N–H and O–H groups in total. The molecule has 34 heavy (non-hydrogen) atoms. The standard InChI is InChI=1S/C26H37N5O3/c1-24(27-2,31-34)14-29-23(32)22-21-18-5-3-17(4-6-18)20(21)19(12-28-22)30-25-8-15-7-16(9-25)11-26(33,10-15)13-25/h12,15-18,27,30,33H,3-11,13-14H2,1-2H3,(H,29,32). The van der Waals surface area contributed by atoms with E-state index in [1.54, 1.807) is 14.0 Å². The topological polar surface area (TPSA) is 116 Å². The normalized spacial score (nSPS) is 38.8. The molecule has 7 aliphatic rings. The Morgan fingerprint density at radius 1 is 1.15 bits per heavy atom. The van der Waals surface area contributed by atoms with Gasteiger partial charge in [-0.15, -0.1) is 4.91 Å². The zero-order chi connectivity index (χ0) is 23.7. The Hall–Kier alpha value is -2.06. The molecule has 8 heteroatoms. The van der Waals surface area contributed by atoms with E-state index in [1.165, 1.54) is 12.0 Å². The van der Waals surface area contributed by atoms with Gasteiger partial charge in [0, 0.05) is 5.54 Å². The summed E-state index contributed by atoms with van der Waals surface area (Å²) in [4.78, 5) is 29.2. The minimum absolute atomic E-state index is 0.0566. The smallest absolute Gasteiger partial charge is 0.270 e. The second-order valence-corrected chi connectivity index (χ2v) is 12.3. The third-order valence-electron chi connectivity index (χ3n) is 9.68. The molecule has 0 aliphatic heterocycles. The first-order valence-corrected chi connectivity index (χ1v) is 13.1. The fourth-order valence-corrected chi connectivity index (χ4v) is 8.49. The summed E-state index contributed by atoms with van der Waals surface area (Å²) in [5.74, 6) is 1.79. The number of aliphatic hydroxyl groups is 1. The van der Waals surface area contributed by atoms with Crippen LogP contribution in [0.3, 0.4) is 0 Å². The zero-order valence-electron chi connectivity index (χ0n) is 20.3. The largest absolute Gasteiger partial charge is 0.390 e. The molecule has 184 valence electrons. The summed E-state index contributed by atoms with van der Waals surface area (Å²) < 4.78 is 0. The highest BCUT2D eigenvalue weighted by Crippen LogP contribution is 2.59. The number of carbonyl (C=O) groups is 1. The monoisotopic (exact) mass is 467 g/mol. The van der Waals surface area contributed by atoms with E-state index < -0.39 is 11.3 Å². The van der Waals surface area contributed by atoms with E-state index in [4.69, 9.17) is 4.98 Å². The number of anilines is 1. The minimum atomic E-state index is -1.05. The Morgan fingerprint density at radius 3 is 2.38 bits per heavy atom. The van der Waals surface area contributed by atoms with E-state index in [-0.39, 0.29) is 18.0 Å². The number of likely N-dealkylation sites (N-methyl/N-ethyl adjacent to an activating group) is 1. The second-order valence-electron chi connectivity index (χ2n) is 12.3. The molecule has 0 saturated heterocycles. The van der Waals surface area contributed by atoms with Crippen molar-refractivity contribution in [3.05, 3.63) is 27.9 Å². The number of nitrogens with zero attached hydrogens (tertiary/aromatic N) is 2. The van der Waals surface area contributed by atoms with Gasteiger partial charge in [0.15, 0.2) is 5.66 Å². The van der Waals surface area contributed by atoms with Gasteiger partial charge in [0.1, 0.15) is 5.69 Å². The Bertz CT molecular complexity index is 1010. The van der Waals surface area contributed by atoms with Gasteiger partial charge in [0.25, 0.3) is 5.91 Å². The molecule has 5 saturated carbocycles. The van der Waals surface area contributed by atoms with Crippen LogP contribution >= 0.6 is 0 Å². The first-order valence-electron chi connectivity index (χ1n) is 13.1. The maximum absolute atomic E-state index is 13.2. The van der Waals surface area contributed by atoms with Crippen LogP contribution in [0, 0.1) is 16.7 Å². The molecule has 1 amide bonds. The van der Waals surface area contributed by atoms with Crippen molar-refractivity contribution in [2.24, 2.45) is 17.0 Å². The number of fused-ring (bicyclic) bond motifs is 2. The summed E-state index contributed by atoms with van der Waals surface area (Å²) >= 11 is 0. The van der Waals surface area contributed by atoms with Crippen molar-refractivity contribution in [2.75, 3.05) is 18.9 Å². The number of hydrogen-bond acceptors (Lipinski definition) is 7. The second kappa shape index (κ2) is 7.72. The van der Waals surface area contributed by atoms with Gasteiger partial charge in [-0.1, -0.05) is 0 Å². The summed E-state index contributed by atoms with van der Waals surface area (Å²) in [6, 6.07) is 0. The van der Waals surface area contributed by atoms with Gasteiger partial charge >= 0.3 is 0 Å². The number of rotatable bonds is 7. The van der Waals surface area contributed by atoms with E-state index in [9.17, 15) is 14.8 Å². The maximum Gasteiger partial charge on any atom is 0.270 e. The number of aromatic nitrogens is 1. The third kappa shape index (κ3) is 3.56. The predicted octanol–water partition coefficient (Wildman–Crippen LogP) is 3.76. The van der Waals surface area contributed by atoms with Crippen LogP contribution in [0.4, 0.5) is 5.69 Å². The lowest BCUT2D eigenvalue weighted by Crippen LogP contribution is -2.62. The lowest BCUT2D eigenvalue weighted by atomic mass is 9.51. The lowest BCUT2D eigenvalue weighted by Gasteiger charge is -2.60. The summed E-state index contributed by atoms with van der Waals surface area (Å²) in [5, 5.41) is 24.1. The molecule has 1 aromatic rings. The van der Waals surface area contributed by atoms with Crippen molar-refractivity contribution < 1.29 is 9.90 Å². The van der Waals surface area contributed by atoms with Gasteiger partial charge in [-0.25, -0.2) is 4.98 Å². The van der Waals surface area contributed by atoms with Crippen LogP contribution in [0.25, 0.3) is 0 Å². The van der Waals surface area contributed by atoms with Crippen LogP contribution in [0.2, 0.25) is 0 Å². The maximum atomic E-state index is 13.2. The summed E-state index contributed by atoms with van der Waals surface area (Å²) in [6.45, 7) is 1.78. The SMILES string of the molecule is CNC(C)(CNC(=O)c1ncc(NC23CC4CC(CC(O)(C4)C2)C3)c2c1C1CCC2CC1)N=O. The molecule has 3 unspecified atom stereocenters. The average Bonchev–Trinajstić information content (AvgIpc) is 2.81. The predicted molar refractivity (Wildman–Crippen MR) is 130 cm³/mol. The molecule has 5 fully saturated rings. The Labute approximate surface area is 201 Å². The van der Waals surface area contributed by atoms with Gasteiger partial charge in [-0.05, 0) is 118 Å². The van der Waals surface area contributed by atoms with Crippen LogP contribution < -0.4 is 16.0 Å². The summed E-state index contributed by atoms with van der Waals surface area (Å²) in [7, 11) is 1.66. The van der Waals surface area contributed by atoms with Crippen molar-refractivity contribution in [3.8, 4) is 0 Å². The average molecular weight is 468 g/mol. The molecule has 7 aliphatic carbocycles. The molecule has 0 spiro atoms. The number of carbonyl (C=O) groups excluding carboxylic acids is 1. The van der Waals surface area contributed by atoms with E-state index in [2.05, 4.69) is 21.1 Å². The molecule has 0 radical (unpaired) electrons. The molecular weight excluding hydrogens is 430 g/mol. The highest BCUT2D eigenvalue weighted by molar-refractivity contribution is 5.95. The van der Waals surface area contributed by atoms with Crippen LogP contribution in [-0.2, 0) is 0 Å². The number of nitroso groups, excluding NO2 is 1. The molecule has 3 atom stereocenters. The van der Waals surface area contributed by atoms with Gasteiger partial charge in [-0.3, -0.25) is 10.1 Å². The molecule has 0 aromatic carbocycles. The van der Waals surface area contributed by atoms with Crippen molar-refractivity contribution in [2.45, 2.75) is 99.8 Å². The Morgan fingerprint density at radius 2 is 1.79 bits per heavy atom. The summed E-state index contributed by atoms with van der Waals surface area (Å²) in [6.07, 6.45) is 12.6. The summed E-state index contributed by atoms with van der Waals surface area (Å²) in [5.41, 5.74) is 2.36. The fourth-order valence-electron chi connectivity index (χ4n) is 8.49. The highest BCUT2D eigenvalue weighted by atomic mass is 16.3. The minimum Gasteiger partial charge on any atom is -0.390 e. The van der Waals surface area contributed by atoms with E-state index >= 15 is 0 Å². The molecule has 1 aromatic heterocycles. The van der Waals surface area contributed by atoms with Gasteiger partial charge < -0.3 is 15.7 Å². The molecule has 8 nitrogen and oxygen atoms in total. The fraction of sp³-hybridized carbons (Fsp3) is 0.769. The highest BCUT2D eigenvalue weighted by Gasteiger charge is 2.57. The lowest BCUT2D eigenvalue weighted by molar-refractivity contribution is -0.127. The number of hydrogen-bond donors (Lipinski definition) is 4. The van der Waals surface area contributed by atoms with Crippen LogP contribution in [0.15, 0.2) is 11.4 Å². The van der Waals surface area contributed by atoms with Gasteiger partial charge in [0.2, 0.25) is 0 Å². The van der Waals surface area contributed by atoms with Crippen molar-refractivity contribution >= 4 is 11.6 Å². The molecule has 8 rings (SSSR count). The first-order chi connectivity index (χ1) is 16.2. The van der Waals surface area contributed by atoms with Crippen molar-refractivity contribution in [1.29, 1.82) is 0 Å². The number of pyridine rings is 1. The molecular formula is C26H37N5O3. The van der Waals surface area contributed by atoms with Crippen LogP contribution in [-0.4, -0.2) is 46.4 Å². The molecule has 1 heterocycles.